The second kappa shape index (κ2) is 8.06. The van der Waals surface area contributed by atoms with Crippen LogP contribution in [0.25, 0.3) is 10.2 Å². The molecule has 0 fully saturated rings. The molecule has 5 nitrogen and oxygen atoms in total. The monoisotopic (exact) mass is 453 g/mol. The van der Waals surface area contributed by atoms with Gasteiger partial charge in [0.1, 0.15) is 4.83 Å². The number of rotatable bonds is 4. The molecule has 0 saturated heterocycles. The van der Waals surface area contributed by atoms with Crippen molar-refractivity contribution in [2.75, 3.05) is 11.1 Å². The van der Waals surface area contributed by atoms with Crippen molar-refractivity contribution >= 4 is 68.1 Å². The fourth-order valence-electron chi connectivity index (χ4n) is 3.32. The zero-order chi connectivity index (χ0) is 19.8. The minimum Gasteiger partial charge on any atom is -0.324 e. The average molecular weight is 454 g/mol. The largest absolute Gasteiger partial charge is 0.324 e. The number of hydrogen-bond donors (Lipinski definition) is 2. The molecule has 1 atom stereocenters. The minimum atomic E-state index is -0.254. The third-order valence-corrected chi connectivity index (χ3v) is 7.55. The van der Waals surface area contributed by atoms with Crippen molar-refractivity contribution in [2.24, 2.45) is 5.92 Å². The van der Waals surface area contributed by atoms with Crippen LogP contribution in [0.4, 0.5) is 5.69 Å². The van der Waals surface area contributed by atoms with Gasteiger partial charge in [0.25, 0.3) is 5.56 Å². The molecular weight excluding hydrogens is 437 g/mol. The summed E-state index contributed by atoms with van der Waals surface area (Å²) in [6.07, 6.45) is 3.03. The predicted molar refractivity (Wildman–Crippen MR) is 117 cm³/mol. The fourth-order valence-corrected chi connectivity index (χ4v) is 5.77. The Hall–Kier alpha value is -1.54. The number of nitrogens with zero attached hydrogens (tertiary/aromatic N) is 1. The summed E-state index contributed by atoms with van der Waals surface area (Å²) in [5.41, 5.74) is 1.48. The van der Waals surface area contributed by atoms with E-state index in [1.807, 2.05) is 0 Å². The van der Waals surface area contributed by atoms with E-state index in [4.69, 9.17) is 23.2 Å². The molecule has 2 aromatic heterocycles. The zero-order valence-corrected chi connectivity index (χ0v) is 18.1. The maximum absolute atomic E-state index is 12.6. The van der Waals surface area contributed by atoms with E-state index < -0.39 is 0 Å². The number of fused-ring (bicyclic) bond motifs is 3. The lowest BCUT2D eigenvalue weighted by Gasteiger charge is -2.17. The highest BCUT2D eigenvalue weighted by molar-refractivity contribution is 7.99. The molecule has 1 aromatic carbocycles. The Kier molecular flexibility index (Phi) is 5.69. The fraction of sp³-hybridized carbons (Fsp3) is 0.316. The Morgan fingerprint density at radius 2 is 2.25 bits per heavy atom. The molecular formula is C19H17Cl2N3O2S2. The van der Waals surface area contributed by atoms with Crippen molar-refractivity contribution in [1.29, 1.82) is 0 Å². The van der Waals surface area contributed by atoms with Crippen LogP contribution in [0, 0.1) is 5.92 Å². The second-order valence-corrected chi connectivity index (χ2v) is 9.67. The third kappa shape index (κ3) is 3.94. The lowest BCUT2D eigenvalue weighted by atomic mass is 9.89. The molecule has 4 rings (SSSR count). The summed E-state index contributed by atoms with van der Waals surface area (Å²) in [5, 5.41) is 4.55. The predicted octanol–water partition coefficient (Wildman–Crippen LogP) is 5.15. The van der Waals surface area contributed by atoms with Crippen LogP contribution in [0.2, 0.25) is 10.0 Å². The number of aromatic amines is 1. The van der Waals surface area contributed by atoms with Crippen LogP contribution in [0.3, 0.4) is 0 Å². The van der Waals surface area contributed by atoms with E-state index in [0.717, 1.165) is 29.7 Å². The summed E-state index contributed by atoms with van der Waals surface area (Å²) in [4.78, 5) is 34.2. The number of hydrogen-bond acceptors (Lipinski definition) is 5. The molecule has 146 valence electrons. The number of H-pyrrole nitrogens is 1. The smallest absolute Gasteiger partial charge is 0.260 e. The van der Waals surface area contributed by atoms with Crippen molar-refractivity contribution in [3.8, 4) is 0 Å². The molecule has 3 aromatic rings. The lowest BCUT2D eigenvalue weighted by Crippen LogP contribution is -2.16. The van der Waals surface area contributed by atoms with E-state index in [9.17, 15) is 9.59 Å². The van der Waals surface area contributed by atoms with Gasteiger partial charge in [-0.25, -0.2) is 4.98 Å². The van der Waals surface area contributed by atoms with E-state index in [1.165, 1.54) is 16.6 Å². The zero-order valence-electron chi connectivity index (χ0n) is 15.0. The van der Waals surface area contributed by atoms with E-state index in [0.29, 0.717) is 32.2 Å². The summed E-state index contributed by atoms with van der Waals surface area (Å²) in [6, 6.07) is 5.04. The van der Waals surface area contributed by atoms with E-state index in [1.54, 1.807) is 29.5 Å². The van der Waals surface area contributed by atoms with Gasteiger partial charge in [0, 0.05) is 4.88 Å². The van der Waals surface area contributed by atoms with E-state index in [2.05, 4.69) is 22.2 Å². The Bertz CT molecular complexity index is 1130. The molecule has 0 saturated carbocycles. The highest BCUT2D eigenvalue weighted by Gasteiger charge is 2.23. The van der Waals surface area contributed by atoms with Gasteiger partial charge in [0.05, 0.1) is 26.9 Å². The van der Waals surface area contributed by atoms with Gasteiger partial charge in [-0.3, -0.25) is 9.59 Å². The van der Waals surface area contributed by atoms with E-state index in [-0.39, 0.29) is 17.2 Å². The first kappa shape index (κ1) is 19.8. The Morgan fingerprint density at radius 1 is 1.43 bits per heavy atom. The Labute approximate surface area is 179 Å². The van der Waals surface area contributed by atoms with Gasteiger partial charge in [-0.15, -0.1) is 11.3 Å². The molecule has 0 bridgehead atoms. The van der Waals surface area contributed by atoms with Crippen LogP contribution in [-0.4, -0.2) is 21.6 Å². The Balaban J connectivity index is 1.50. The minimum absolute atomic E-state index is 0.0966. The summed E-state index contributed by atoms with van der Waals surface area (Å²) in [5.74, 6) is 0.478. The first-order chi connectivity index (χ1) is 13.4. The highest BCUT2D eigenvalue weighted by atomic mass is 35.5. The van der Waals surface area contributed by atoms with Crippen LogP contribution in [0.1, 0.15) is 23.8 Å². The standard InChI is InChI=1S/C19H17Cl2N3O2S2/c1-9-5-6-10-13(7-9)28-18-15(10)17(26)23-19(24-18)27-8-14(25)22-12-4-2-3-11(20)16(12)21/h2-4,9H,5-8H2,1H3,(H,22,25)(H,23,24,26). The Morgan fingerprint density at radius 3 is 3.07 bits per heavy atom. The number of halogens is 2. The quantitative estimate of drug-likeness (QED) is 0.423. The molecule has 28 heavy (non-hydrogen) atoms. The maximum Gasteiger partial charge on any atom is 0.260 e. The number of carbonyl (C=O) groups is 1. The first-order valence-corrected chi connectivity index (χ1v) is 11.4. The van der Waals surface area contributed by atoms with Crippen molar-refractivity contribution < 1.29 is 4.79 Å². The van der Waals surface area contributed by atoms with Crippen LogP contribution in [-0.2, 0) is 17.6 Å². The van der Waals surface area contributed by atoms with Gasteiger partial charge in [-0.2, -0.15) is 0 Å². The normalized spacial score (nSPS) is 16.2. The molecule has 9 heteroatoms. The molecule has 1 amide bonds. The molecule has 2 heterocycles. The molecule has 0 aliphatic heterocycles. The summed E-state index contributed by atoms with van der Waals surface area (Å²) >= 11 is 14.8. The van der Waals surface area contributed by atoms with Gasteiger partial charge < -0.3 is 10.3 Å². The van der Waals surface area contributed by atoms with Gasteiger partial charge in [-0.1, -0.05) is 48.0 Å². The first-order valence-electron chi connectivity index (χ1n) is 8.83. The number of thiophene rings is 1. The summed E-state index contributed by atoms with van der Waals surface area (Å²) in [6.45, 7) is 2.23. The molecule has 2 N–H and O–H groups in total. The molecule has 1 aliphatic rings. The molecule has 1 aliphatic carbocycles. The number of aromatic nitrogens is 2. The topological polar surface area (TPSA) is 74.8 Å². The van der Waals surface area contributed by atoms with Crippen LogP contribution >= 0.6 is 46.3 Å². The van der Waals surface area contributed by atoms with Crippen LogP contribution < -0.4 is 10.9 Å². The average Bonchev–Trinajstić information content (AvgIpc) is 3.01. The van der Waals surface area contributed by atoms with Crippen LogP contribution in [0.15, 0.2) is 28.2 Å². The maximum atomic E-state index is 12.6. The number of benzene rings is 1. The third-order valence-electron chi connectivity index (χ3n) is 4.71. The van der Waals surface area contributed by atoms with E-state index >= 15 is 0 Å². The van der Waals surface area contributed by atoms with Gasteiger partial charge in [0.15, 0.2) is 5.16 Å². The highest BCUT2D eigenvalue weighted by Crippen LogP contribution is 2.36. The van der Waals surface area contributed by atoms with Crippen molar-refractivity contribution in [2.45, 2.75) is 31.3 Å². The second-order valence-electron chi connectivity index (χ2n) is 6.84. The number of anilines is 1. The summed E-state index contributed by atoms with van der Waals surface area (Å²) < 4.78 is 0. The summed E-state index contributed by atoms with van der Waals surface area (Å²) in [7, 11) is 0. The molecule has 0 spiro atoms. The lowest BCUT2D eigenvalue weighted by molar-refractivity contribution is -0.113. The van der Waals surface area contributed by atoms with Gasteiger partial charge in [0.2, 0.25) is 5.91 Å². The van der Waals surface area contributed by atoms with Gasteiger partial charge in [-0.05, 0) is 42.9 Å². The molecule has 0 radical (unpaired) electrons. The van der Waals surface area contributed by atoms with Crippen molar-refractivity contribution in [3.05, 3.63) is 49.0 Å². The van der Waals surface area contributed by atoms with Crippen LogP contribution in [0.5, 0.6) is 0 Å². The van der Waals surface area contributed by atoms with Crippen molar-refractivity contribution in [1.82, 2.24) is 9.97 Å². The SMILES string of the molecule is CC1CCc2c(sc3nc(SCC(=O)Nc4cccc(Cl)c4Cl)[nH]c(=O)c23)C1. The van der Waals surface area contributed by atoms with Gasteiger partial charge >= 0.3 is 0 Å². The number of carbonyl (C=O) groups excluding carboxylic acids is 1. The number of thioether (sulfide) groups is 1. The number of nitrogens with one attached hydrogen (secondary N) is 2. The number of amides is 1. The number of aryl methyl sites for hydroxylation is 1. The molecule has 1 unspecified atom stereocenters. The van der Waals surface area contributed by atoms with Crippen molar-refractivity contribution in [3.63, 3.8) is 0 Å².